The molecule has 2 rings (SSSR count). The molecule has 0 aromatic heterocycles. The molecule has 0 aliphatic rings. The van der Waals surface area contributed by atoms with Crippen molar-refractivity contribution >= 4 is 11.6 Å². The van der Waals surface area contributed by atoms with Crippen molar-refractivity contribution in [3.63, 3.8) is 0 Å². The van der Waals surface area contributed by atoms with E-state index in [1.165, 1.54) is 5.56 Å². The number of nitrogens with one attached hydrogen (secondary N) is 1. The van der Waals surface area contributed by atoms with Crippen LogP contribution in [0.15, 0.2) is 54.6 Å². The van der Waals surface area contributed by atoms with Gasteiger partial charge < -0.3 is 11.1 Å². The Bertz CT molecular complexity index is 549. The van der Waals surface area contributed by atoms with Crippen molar-refractivity contribution < 1.29 is 4.79 Å². The monoisotopic (exact) mass is 268 g/mol. The van der Waals surface area contributed by atoms with E-state index in [4.69, 9.17) is 5.73 Å². The zero-order chi connectivity index (χ0) is 14.4. The third-order valence-corrected chi connectivity index (χ3v) is 3.32. The molecular formula is C17H20N2O. The first-order chi connectivity index (χ1) is 9.69. The number of carbonyl (C=O) groups is 1. The van der Waals surface area contributed by atoms with E-state index in [1.54, 1.807) is 0 Å². The van der Waals surface area contributed by atoms with Gasteiger partial charge in [0.25, 0.3) is 0 Å². The number of rotatable bonds is 5. The molecule has 0 radical (unpaired) electrons. The summed E-state index contributed by atoms with van der Waals surface area (Å²) >= 11 is 0. The van der Waals surface area contributed by atoms with E-state index in [-0.39, 0.29) is 11.8 Å². The van der Waals surface area contributed by atoms with Gasteiger partial charge in [0.15, 0.2) is 0 Å². The second kappa shape index (κ2) is 6.87. The number of hydrogen-bond donors (Lipinski definition) is 2. The number of aryl methyl sites for hydroxylation is 1. The van der Waals surface area contributed by atoms with E-state index < -0.39 is 0 Å². The first-order valence-electron chi connectivity index (χ1n) is 6.80. The van der Waals surface area contributed by atoms with Crippen molar-refractivity contribution in [2.24, 2.45) is 5.73 Å². The summed E-state index contributed by atoms with van der Waals surface area (Å²) in [6, 6.07) is 17.7. The van der Waals surface area contributed by atoms with Crippen LogP contribution < -0.4 is 11.1 Å². The predicted octanol–water partition coefficient (Wildman–Crippen LogP) is 3.07. The molecule has 0 aliphatic carbocycles. The fraction of sp³-hybridized carbons (Fsp3) is 0.235. The second-order valence-corrected chi connectivity index (χ2v) is 4.96. The number of hydrogen-bond acceptors (Lipinski definition) is 2. The summed E-state index contributed by atoms with van der Waals surface area (Å²) in [7, 11) is 0. The van der Waals surface area contributed by atoms with Gasteiger partial charge in [0.1, 0.15) is 0 Å². The van der Waals surface area contributed by atoms with Crippen molar-refractivity contribution in [3.8, 4) is 0 Å². The minimum atomic E-state index is -0.00720. The Labute approximate surface area is 119 Å². The third kappa shape index (κ3) is 3.93. The van der Waals surface area contributed by atoms with E-state index in [0.717, 1.165) is 11.3 Å². The van der Waals surface area contributed by atoms with Crippen LogP contribution >= 0.6 is 0 Å². The highest BCUT2D eigenvalue weighted by Crippen LogP contribution is 2.20. The molecule has 3 heteroatoms. The SMILES string of the molecule is Cc1ccc(C(CN)CC(=O)Nc2ccccc2)cc1. The van der Waals surface area contributed by atoms with Gasteiger partial charge in [-0.25, -0.2) is 0 Å². The van der Waals surface area contributed by atoms with Gasteiger partial charge in [-0.05, 0) is 31.2 Å². The molecule has 0 saturated carbocycles. The first kappa shape index (κ1) is 14.3. The summed E-state index contributed by atoms with van der Waals surface area (Å²) < 4.78 is 0. The summed E-state index contributed by atoms with van der Waals surface area (Å²) in [5.41, 5.74) is 8.94. The molecular weight excluding hydrogens is 248 g/mol. The van der Waals surface area contributed by atoms with Crippen LogP contribution in [0.1, 0.15) is 23.5 Å². The normalized spacial score (nSPS) is 11.9. The van der Waals surface area contributed by atoms with E-state index in [2.05, 4.69) is 5.32 Å². The number of benzene rings is 2. The first-order valence-corrected chi connectivity index (χ1v) is 6.80. The van der Waals surface area contributed by atoms with Crippen molar-refractivity contribution in [2.75, 3.05) is 11.9 Å². The summed E-state index contributed by atoms with van der Waals surface area (Å²) in [5.74, 6) is 0.0477. The molecule has 3 nitrogen and oxygen atoms in total. The molecule has 20 heavy (non-hydrogen) atoms. The van der Waals surface area contributed by atoms with Crippen LogP contribution in [0.25, 0.3) is 0 Å². The Morgan fingerprint density at radius 2 is 1.75 bits per heavy atom. The third-order valence-electron chi connectivity index (χ3n) is 3.32. The van der Waals surface area contributed by atoms with Crippen molar-refractivity contribution in [2.45, 2.75) is 19.3 Å². The highest BCUT2D eigenvalue weighted by Gasteiger charge is 2.14. The zero-order valence-corrected chi connectivity index (χ0v) is 11.7. The lowest BCUT2D eigenvalue weighted by Crippen LogP contribution is -2.20. The molecule has 1 amide bonds. The van der Waals surface area contributed by atoms with E-state index in [0.29, 0.717) is 13.0 Å². The van der Waals surface area contributed by atoms with Crippen molar-refractivity contribution in [3.05, 3.63) is 65.7 Å². The smallest absolute Gasteiger partial charge is 0.225 e. The molecule has 2 aromatic carbocycles. The highest BCUT2D eigenvalue weighted by molar-refractivity contribution is 5.91. The lowest BCUT2D eigenvalue weighted by atomic mass is 9.94. The van der Waals surface area contributed by atoms with Crippen LogP contribution in [0.2, 0.25) is 0 Å². The molecule has 0 spiro atoms. The summed E-state index contributed by atoms with van der Waals surface area (Å²) in [6.45, 7) is 2.51. The van der Waals surface area contributed by atoms with Gasteiger partial charge in [-0.1, -0.05) is 48.0 Å². The van der Waals surface area contributed by atoms with Crippen LogP contribution in [0.3, 0.4) is 0 Å². The van der Waals surface area contributed by atoms with Gasteiger partial charge in [-0.3, -0.25) is 4.79 Å². The maximum Gasteiger partial charge on any atom is 0.225 e. The number of anilines is 1. The fourth-order valence-electron chi connectivity index (χ4n) is 2.13. The fourth-order valence-corrected chi connectivity index (χ4v) is 2.13. The molecule has 0 bridgehead atoms. The Morgan fingerprint density at radius 3 is 2.35 bits per heavy atom. The molecule has 0 fully saturated rings. The predicted molar refractivity (Wildman–Crippen MR) is 82.7 cm³/mol. The van der Waals surface area contributed by atoms with Gasteiger partial charge >= 0.3 is 0 Å². The average molecular weight is 268 g/mol. The standard InChI is InChI=1S/C17H20N2O/c1-13-7-9-14(10-8-13)15(12-18)11-17(20)19-16-5-3-2-4-6-16/h2-10,15H,11-12,18H2,1H3,(H,19,20). The number of nitrogens with two attached hydrogens (primary N) is 1. The van der Waals surface area contributed by atoms with Gasteiger partial charge in [0.2, 0.25) is 5.91 Å². The Morgan fingerprint density at radius 1 is 1.10 bits per heavy atom. The van der Waals surface area contributed by atoms with Crippen LogP contribution in [0.4, 0.5) is 5.69 Å². The Hall–Kier alpha value is -2.13. The van der Waals surface area contributed by atoms with Crippen molar-refractivity contribution in [1.82, 2.24) is 0 Å². The number of amides is 1. The molecule has 104 valence electrons. The minimum Gasteiger partial charge on any atom is -0.330 e. The van der Waals surface area contributed by atoms with E-state index in [9.17, 15) is 4.79 Å². The highest BCUT2D eigenvalue weighted by atomic mass is 16.1. The summed E-state index contributed by atoms with van der Waals surface area (Å²) in [4.78, 5) is 12.1. The van der Waals surface area contributed by atoms with Crippen LogP contribution in [-0.2, 0) is 4.79 Å². The van der Waals surface area contributed by atoms with Crippen LogP contribution in [0.5, 0.6) is 0 Å². The number of para-hydroxylation sites is 1. The molecule has 0 aliphatic heterocycles. The summed E-state index contributed by atoms with van der Waals surface area (Å²) in [5, 5.41) is 2.89. The molecule has 3 N–H and O–H groups in total. The molecule has 0 heterocycles. The van der Waals surface area contributed by atoms with Crippen LogP contribution in [-0.4, -0.2) is 12.5 Å². The molecule has 1 unspecified atom stereocenters. The lowest BCUT2D eigenvalue weighted by Gasteiger charge is -2.15. The van der Waals surface area contributed by atoms with Gasteiger partial charge in [0, 0.05) is 18.0 Å². The molecule has 1 atom stereocenters. The largest absolute Gasteiger partial charge is 0.330 e. The minimum absolute atomic E-state index is 0.00720. The van der Waals surface area contributed by atoms with Gasteiger partial charge in [0.05, 0.1) is 0 Å². The number of carbonyl (C=O) groups excluding carboxylic acids is 1. The van der Waals surface area contributed by atoms with Gasteiger partial charge in [-0.2, -0.15) is 0 Å². The quantitative estimate of drug-likeness (QED) is 0.875. The summed E-state index contributed by atoms with van der Waals surface area (Å²) in [6.07, 6.45) is 0.397. The maximum absolute atomic E-state index is 12.1. The topological polar surface area (TPSA) is 55.1 Å². The zero-order valence-electron chi connectivity index (χ0n) is 11.7. The average Bonchev–Trinajstić information content (AvgIpc) is 2.47. The Balaban J connectivity index is 1.99. The van der Waals surface area contributed by atoms with E-state index in [1.807, 2.05) is 61.5 Å². The van der Waals surface area contributed by atoms with E-state index >= 15 is 0 Å². The maximum atomic E-state index is 12.1. The second-order valence-electron chi connectivity index (χ2n) is 4.96. The molecule has 0 saturated heterocycles. The molecule has 2 aromatic rings. The van der Waals surface area contributed by atoms with Crippen LogP contribution in [0, 0.1) is 6.92 Å². The lowest BCUT2D eigenvalue weighted by molar-refractivity contribution is -0.116. The van der Waals surface area contributed by atoms with Crippen molar-refractivity contribution in [1.29, 1.82) is 0 Å². The van der Waals surface area contributed by atoms with Gasteiger partial charge in [-0.15, -0.1) is 0 Å². The Kier molecular flexibility index (Phi) is 4.91.